The summed E-state index contributed by atoms with van der Waals surface area (Å²) in [6.07, 6.45) is 3.60. The van der Waals surface area contributed by atoms with Crippen molar-refractivity contribution in [2.45, 2.75) is 44.8 Å². The van der Waals surface area contributed by atoms with Crippen molar-refractivity contribution in [2.24, 2.45) is 11.7 Å². The molecule has 0 amide bonds. The predicted octanol–water partition coefficient (Wildman–Crippen LogP) is 2.55. The Morgan fingerprint density at radius 2 is 1.94 bits per heavy atom. The zero-order valence-electron chi connectivity index (χ0n) is 11.2. The first kappa shape index (κ1) is 13.4. The molecule has 0 radical (unpaired) electrons. The molecule has 100 valence electrons. The molecule has 3 nitrogen and oxygen atoms in total. The molecule has 1 aromatic carbocycles. The summed E-state index contributed by atoms with van der Waals surface area (Å²) in [6.45, 7) is 2.07. The maximum Gasteiger partial charge on any atom is 0.123 e. The van der Waals surface area contributed by atoms with Crippen LogP contribution in [0, 0.1) is 12.8 Å². The second-order valence-corrected chi connectivity index (χ2v) is 5.34. The number of hydrogen-bond acceptors (Lipinski definition) is 3. The number of aryl methyl sites for hydroxylation is 1. The number of nitrogens with two attached hydrogens (primary N) is 1. The fourth-order valence-corrected chi connectivity index (χ4v) is 2.83. The van der Waals surface area contributed by atoms with Crippen molar-refractivity contribution in [3.05, 3.63) is 29.3 Å². The monoisotopic (exact) mass is 249 g/mol. The average molecular weight is 249 g/mol. The third kappa shape index (κ3) is 2.85. The lowest BCUT2D eigenvalue weighted by Gasteiger charge is -2.31. The Kier molecular flexibility index (Phi) is 4.25. The number of aliphatic hydroxyl groups is 1. The third-order valence-corrected chi connectivity index (χ3v) is 3.99. The van der Waals surface area contributed by atoms with Crippen LogP contribution in [-0.4, -0.2) is 18.3 Å². The van der Waals surface area contributed by atoms with E-state index < -0.39 is 0 Å². The number of methoxy groups -OCH3 is 1. The zero-order chi connectivity index (χ0) is 13.1. The van der Waals surface area contributed by atoms with Crippen LogP contribution in [0.1, 0.15) is 42.9 Å². The van der Waals surface area contributed by atoms with Crippen LogP contribution in [0.4, 0.5) is 0 Å². The first-order valence-corrected chi connectivity index (χ1v) is 6.70. The van der Waals surface area contributed by atoms with E-state index in [9.17, 15) is 5.11 Å². The van der Waals surface area contributed by atoms with Gasteiger partial charge in [-0.15, -0.1) is 0 Å². The van der Waals surface area contributed by atoms with Crippen molar-refractivity contribution in [1.29, 1.82) is 0 Å². The van der Waals surface area contributed by atoms with Crippen molar-refractivity contribution in [3.8, 4) is 5.75 Å². The Morgan fingerprint density at radius 3 is 2.56 bits per heavy atom. The molecule has 3 heteroatoms. The molecule has 1 aliphatic rings. The molecule has 1 aromatic rings. The summed E-state index contributed by atoms with van der Waals surface area (Å²) in [7, 11) is 1.69. The molecule has 1 unspecified atom stereocenters. The smallest absolute Gasteiger partial charge is 0.123 e. The third-order valence-electron chi connectivity index (χ3n) is 3.99. The molecule has 0 aromatic heterocycles. The second-order valence-electron chi connectivity index (χ2n) is 5.34. The van der Waals surface area contributed by atoms with Gasteiger partial charge >= 0.3 is 0 Å². The topological polar surface area (TPSA) is 55.5 Å². The lowest BCUT2D eigenvalue weighted by molar-refractivity contribution is 0.101. The van der Waals surface area contributed by atoms with Gasteiger partial charge in [-0.2, -0.15) is 0 Å². The Labute approximate surface area is 109 Å². The Bertz CT molecular complexity index is 397. The van der Waals surface area contributed by atoms with Gasteiger partial charge in [-0.1, -0.05) is 17.7 Å². The molecule has 2 rings (SSSR count). The number of hydrogen-bond donors (Lipinski definition) is 2. The largest absolute Gasteiger partial charge is 0.496 e. The highest BCUT2D eigenvalue weighted by Gasteiger charge is 2.27. The SMILES string of the molecule is COc1ccc(C)cc1C(N)C1CCC(O)CC1. The van der Waals surface area contributed by atoms with Crippen LogP contribution in [0.25, 0.3) is 0 Å². The minimum absolute atomic E-state index is 0.00681. The van der Waals surface area contributed by atoms with Gasteiger partial charge in [-0.05, 0) is 44.6 Å². The van der Waals surface area contributed by atoms with Crippen LogP contribution in [0.3, 0.4) is 0 Å². The first-order valence-electron chi connectivity index (χ1n) is 6.70. The number of benzene rings is 1. The summed E-state index contributed by atoms with van der Waals surface area (Å²) in [5.41, 5.74) is 8.70. The summed E-state index contributed by atoms with van der Waals surface area (Å²) in [5, 5.41) is 9.56. The molecule has 1 atom stereocenters. The van der Waals surface area contributed by atoms with Crippen molar-refractivity contribution >= 4 is 0 Å². The lowest BCUT2D eigenvalue weighted by atomic mass is 9.80. The van der Waals surface area contributed by atoms with Gasteiger partial charge in [0.15, 0.2) is 0 Å². The predicted molar refractivity (Wildman–Crippen MR) is 72.6 cm³/mol. The maximum absolute atomic E-state index is 9.56. The maximum atomic E-state index is 9.56. The van der Waals surface area contributed by atoms with E-state index in [4.69, 9.17) is 10.5 Å². The van der Waals surface area contributed by atoms with E-state index in [1.54, 1.807) is 7.11 Å². The van der Waals surface area contributed by atoms with Crippen LogP contribution >= 0.6 is 0 Å². The zero-order valence-corrected chi connectivity index (χ0v) is 11.2. The van der Waals surface area contributed by atoms with Crippen LogP contribution in [-0.2, 0) is 0 Å². The van der Waals surface area contributed by atoms with Crippen LogP contribution in [0.2, 0.25) is 0 Å². The van der Waals surface area contributed by atoms with Gasteiger partial charge < -0.3 is 15.6 Å². The highest BCUT2D eigenvalue weighted by atomic mass is 16.5. The molecule has 0 saturated heterocycles. The minimum atomic E-state index is -0.132. The van der Waals surface area contributed by atoms with Crippen molar-refractivity contribution in [3.63, 3.8) is 0 Å². The molecular formula is C15H23NO2. The Balaban J connectivity index is 2.17. The summed E-state index contributed by atoms with van der Waals surface area (Å²) in [4.78, 5) is 0. The molecule has 1 saturated carbocycles. The lowest BCUT2D eigenvalue weighted by Crippen LogP contribution is -2.28. The second kappa shape index (κ2) is 5.72. The van der Waals surface area contributed by atoms with Gasteiger partial charge in [-0.25, -0.2) is 0 Å². The van der Waals surface area contributed by atoms with Gasteiger partial charge in [0.2, 0.25) is 0 Å². The Morgan fingerprint density at radius 1 is 1.28 bits per heavy atom. The van der Waals surface area contributed by atoms with Crippen LogP contribution in [0.15, 0.2) is 18.2 Å². The Hall–Kier alpha value is -1.06. The van der Waals surface area contributed by atoms with Gasteiger partial charge in [0, 0.05) is 11.6 Å². The van der Waals surface area contributed by atoms with E-state index in [-0.39, 0.29) is 12.1 Å². The number of ether oxygens (including phenoxy) is 1. The molecule has 0 spiro atoms. The van der Waals surface area contributed by atoms with Crippen LogP contribution in [0.5, 0.6) is 5.75 Å². The van der Waals surface area contributed by atoms with Crippen molar-refractivity contribution in [1.82, 2.24) is 0 Å². The van der Waals surface area contributed by atoms with E-state index in [1.165, 1.54) is 5.56 Å². The quantitative estimate of drug-likeness (QED) is 0.865. The van der Waals surface area contributed by atoms with Crippen molar-refractivity contribution in [2.75, 3.05) is 7.11 Å². The molecule has 0 aliphatic heterocycles. The van der Waals surface area contributed by atoms with E-state index >= 15 is 0 Å². The summed E-state index contributed by atoms with van der Waals surface area (Å²) >= 11 is 0. The fourth-order valence-electron chi connectivity index (χ4n) is 2.83. The summed E-state index contributed by atoms with van der Waals surface area (Å²) in [6, 6.07) is 6.16. The highest BCUT2D eigenvalue weighted by Crippen LogP contribution is 2.36. The molecule has 1 fully saturated rings. The number of rotatable bonds is 3. The van der Waals surface area contributed by atoms with Gasteiger partial charge in [0.25, 0.3) is 0 Å². The van der Waals surface area contributed by atoms with E-state index in [0.29, 0.717) is 5.92 Å². The normalized spacial score (nSPS) is 25.8. The summed E-state index contributed by atoms with van der Waals surface area (Å²) in [5.74, 6) is 1.32. The molecular weight excluding hydrogens is 226 g/mol. The van der Waals surface area contributed by atoms with E-state index in [0.717, 1.165) is 37.0 Å². The van der Waals surface area contributed by atoms with Gasteiger partial charge in [0.1, 0.15) is 5.75 Å². The van der Waals surface area contributed by atoms with Gasteiger partial charge in [-0.3, -0.25) is 0 Å². The number of aliphatic hydroxyl groups excluding tert-OH is 1. The van der Waals surface area contributed by atoms with E-state index in [2.05, 4.69) is 13.0 Å². The molecule has 0 bridgehead atoms. The average Bonchev–Trinajstić information content (AvgIpc) is 2.39. The molecule has 1 aliphatic carbocycles. The molecule has 0 heterocycles. The first-order chi connectivity index (χ1) is 8.61. The van der Waals surface area contributed by atoms with E-state index in [1.807, 2.05) is 12.1 Å². The van der Waals surface area contributed by atoms with Crippen LogP contribution < -0.4 is 10.5 Å². The van der Waals surface area contributed by atoms with Gasteiger partial charge in [0.05, 0.1) is 13.2 Å². The van der Waals surface area contributed by atoms with Crippen molar-refractivity contribution < 1.29 is 9.84 Å². The standard InChI is InChI=1S/C15H23NO2/c1-10-3-8-14(18-2)13(9-10)15(16)11-4-6-12(17)7-5-11/h3,8-9,11-12,15,17H,4-7,16H2,1-2H3. The fraction of sp³-hybridized carbons (Fsp3) is 0.600. The summed E-state index contributed by atoms with van der Waals surface area (Å²) < 4.78 is 5.40. The molecule has 3 N–H and O–H groups in total. The molecule has 18 heavy (non-hydrogen) atoms. The highest BCUT2D eigenvalue weighted by molar-refractivity contribution is 5.39. The minimum Gasteiger partial charge on any atom is -0.496 e.